The summed E-state index contributed by atoms with van der Waals surface area (Å²) in [6.07, 6.45) is 5.52. The topological polar surface area (TPSA) is 179 Å². The predicted octanol–water partition coefficient (Wildman–Crippen LogP) is 7.16. The van der Waals surface area contributed by atoms with Gasteiger partial charge in [-0.25, -0.2) is 4.79 Å². The molecule has 0 aliphatic carbocycles. The number of aliphatic carboxylic acids is 1. The van der Waals surface area contributed by atoms with Gasteiger partial charge in [-0.15, -0.1) is 11.6 Å². The van der Waals surface area contributed by atoms with Crippen molar-refractivity contribution < 1.29 is 58.1 Å². The van der Waals surface area contributed by atoms with E-state index in [1.165, 1.54) is 0 Å². The van der Waals surface area contributed by atoms with Crippen molar-refractivity contribution in [1.29, 1.82) is 0 Å². The number of alkyl carbamates (subject to hydrolysis) is 1. The molecule has 2 spiro atoms. The Morgan fingerprint density at radius 3 is 2.24 bits per heavy atom. The third-order valence-corrected chi connectivity index (χ3v) is 15.2. The van der Waals surface area contributed by atoms with Crippen LogP contribution in [0.15, 0.2) is 12.2 Å². The maximum absolute atomic E-state index is 14.6. The number of carboxylic acids is 1. The van der Waals surface area contributed by atoms with Gasteiger partial charge in [0.15, 0.2) is 11.6 Å². The molecule has 0 saturated carbocycles. The van der Waals surface area contributed by atoms with Gasteiger partial charge in [-0.2, -0.15) is 0 Å². The molecule has 1 amide bonds. The maximum atomic E-state index is 14.6. The Bertz CT molecular complexity index is 1500. The fraction of sp³-hybridized carbons (Fsp3) is 0.889. The fourth-order valence-electron chi connectivity index (χ4n) is 11.0. The van der Waals surface area contributed by atoms with E-state index in [2.05, 4.69) is 26.1 Å². The van der Waals surface area contributed by atoms with Crippen LogP contribution in [0.5, 0.6) is 0 Å². The molecule has 14 heteroatoms. The number of ketones is 1. The summed E-state index contributed by atoms with van der Waals surface area (Å²) < 4.78 is 39.5. The van der Waals surface area contributed by atoms with Crippen molar-refractivity contribution in [1.82, 2.24) is 5.32 Å². The molecular formula is C45H74ClNO12. The first-order chi connectivity index (χ1) is 27.7. The van der Waals surface area contributed by atoms with Crippen molar-refractivity contribution in [3.8, 4) is 0 Å². The first-order valence-corrected chi connectivity index (χ1v) is 23.0. The van der Waals surface area contributed by atoms with Gasteiger partial charge in [0.1, 0.15) is 18.4 Å². The summed E-state index contributed by atoms with van der Waals surface area (Å²) in [6, 6.07) is -0.757. The highest BCUT2D eigenvalue weighted by molar-refractivity contribution is 6.18. The molecule has 338 valence electrons. The Labute approximate surface area is 356 Å². The molecule has 0 aromatic rings. The molecule has 18 atom stereocenters. The van der Waals surface area contributed by atoms with Crippen molar-refractivity contribution in [3.05, 3.63) is 12.2 Å². The number of alkyl halides is 1. The lowest BCUT2D eigenvalue weighted by atomic mass is 9.72. The molecule has 5 aliphatic heterocycles. The van der Waals surface area contributed by atoms with Gasteiger partial charge in [0, 0.05) is 30.1 Å². The largest absolute Gasteiger partial charge is 0.481 e. The van der Waals surface area contributed by atoms with E-state index < -0.39 is 95.1 Å². The number of halogens is 1. The summed E-state index contributed by atoms with van der Waals surface area (Å²) >= 11 is 5.82. The smallest absolute Gasteiger partial charge is 0.407 e. The highest BCUT2D eigenvalue weighted by Gasteiger charge is 2.63. The summed E-state index contributed by atoms with van der Waals surface area (Å²) in [5.41, 5.74) is -1.75. The number of hydrogen-bond donors (Lipinski definition) is 4. The van der Waals surface area contributed by atoms with Crippen molar-refractivity contribution in [2.24, 2.45) is 41.4 Å². The molecule has 13 nitrogen and oxygen atoms in total. The highest BCUT2D eigenvalue weighted by Crippen LogP contribution is 2.54. The first-order valence-electron chi connectivity index (χ1n) is 22.5. The van der Waals surface area contributed by atoms with Gasteiger partial charge in [-0.1, -0.05) is 61.5 Å². The van der Waals surface area contributed by atoms with Crippen LogP contribution in [0.3, 0.4) is 0 Å². The molecule has 5 rings (SSSR count). The Kier molecular flexibility index (Phi) is 15.7. The average molecular weight is 857 g/mol. The van der Waals surface area contributed by atoms with Crippen LogP contribution in [0.2, 0.25) is 0 Å². The molecule has 4 saturated heterocycles. The first kappa shape index (κ1) is 48.2. The standard InChI is InChI=1S/C45H74ClNO12/c1-11-31(40(50)51)33-15-14-25(4)38(56-33)29(8)36(48)28(7)37(49)32(12-2)39-26(5)24-27(6)44(57-39)19-16-34(47-41(52)54-23-22-46)45(59-44)21-20-42(10,58-45)35-17-18-43(53,13-3)30(9)55-35/h16,19,25-36,38-39,48,53H,11-15,17-18,20-24H2,1-10H3,(H,47,52)(H,50,51)/t25-,26-,27+,28-,29-,30-,31+,32?,33+,34+,35+,36+,38+,39-,42-,43+,44-,45-/m0/s1. The molecule has 0 radical (unpaired) electrons. The second kappa shape index (κ2) is 19.3. The molecule has 5 heterocycles. The number of aliphatic hydroxyl groups excluding tert-OH is 1. The molecule has 4 N–H and O–H groups in total. The monoisotopic (exact) mass is 855 g/mol. The summed E-state index contributed by atoms with van der Waals surface area (Å²) in [7, 11) is 0. The third kappa shape index (κ3) is 9.72. The fourth-order valence-corrected chi connectivity index (χ4v) is 11.0. The minimum atomic E-state index is -1.38. The van der Waals surface area contributed by atoms with Crippen LogP contribution in [0.1, 0.15) is 133 Å². The second-order valence-electron chi connectivity index (χ2n) is 18.9. The zero-order valence-corrected chi connectivity index (χ0v) is 37.9. The van der Waals surface area contributed by atoms with E-state index in [0.717, 1.165) is 6.42 Å². The van der Waals surface area contributed by atoms with Gasteiger partial charge in [0.2, 0.25) is 0 Å². The van der Waals surface area contributed by atoms with E-state index in [-0.39, 0.29) is 42.1 Å². The molecule has 1 unspecified atom stereocenters. The highest BCUT2D eigenvalue weighted by atomic mass is 35.5. The van der Waals surface area contributed by atoms with E-state index in [9.17, 15) is 29.7 Å². The predicted molar refractivity (Wildman–Crippen MR) is 222 cm³/mol. The van der Waals surface area contributed by atoms with E-state index in [4.69, 9.17) is 40.0 Å². The van der Waals surface area contributed by atoms with Crippen LogP contribution >= 0.6 is 11.6 Å². The lowest BCUT2D eigenvalue weighted by molar-refractivity contribution is -0.398. The Morgan fingerprint density at radius 2 is 1.63 bits per heavy atom. The minimum absolute atomic E-state index is 0.0314. The van der Waals surface area contributed by atoms with Gasteiger partial charge in [-0.3, -0.25) is 9.59 Å². The van der Waals surface area contributed by atoms with E-state index in [0.29, 0.717) is 57.8 Å². The number of carbonyl (C=O) groups excluding carboxylic acids is 2. The van der Waals surface area contributed by atoms with Crippen molar-refractivity contribution in [2.75, 3.05) is 12.5 Å². The zero-order valence-electron chi connectivity index (χ0n) is 37.1. The molecule has 59 heavy (non-hydrogen) atoms. The van der Waals surface area contributed by atoms with Gasteiger partial charge >= 0.3 is 12.1 Å². The van der Waals surface area contributed by atoms with Gasteiger partial charge in [-0.05, 0) is 89.5 Å². The number of rotatable bonds is 15. The number of ether oxygens (including phenoxy) is 6. The van der Waals surface area contributed by atoms with Crippen LogP contribution in [0, 0.1) is 41.4 Å². The molecule has 0 aromatic carbocycles. The van der Waals surface area contributed by atoms with Crippen LogP contribution in [-0.2, 0) is 38.0 Å². The number of carboxylic acid groups (broad SMARTS) is 1. The Hall–Kier alpha value is -1.84. The molecule has 5 aliphatic rings. The Balaban J connectivity index is 1.38. The van der Waals surface area contributed by atoms with Crippen molar-refractivity contribution in [2.45, 2.75) is 199 Å². The lowest BCUT2D eigenvalue weighted by Crippen LogP contribution is -2.65. The number of Topliss-reactive ketones (excluding diaryl/α,β-unsaturated/α-hetero) is 1. The van der Waals surface area contributed by atoms with Gasteiger partial charge in [0.05, 0.1) is 59.6 Å². The minimum Gasteiger partial charge on any atom is -0.481 e. The maximum Gasteiger partial charge on any atom is 0.407 e. The summed E-state index contributed by atoms with van der Waals surface area (Å²) in [5.74, 6) is -6.02. The molecular weight excluding hydrogens is 782 g/mol. The van der Waals surface area contributed by atoms with Gasteiger partial charge < -0.3 is 49.1 Å². The average Bonchev–Trinajstić information content (AvgIpc) is 3.54. The number of hydrogen-bond acceptors (Lipinski definition) is 11. The number of nitrogens with one attached hydrogen (secondary N) is 1. The summed E-state index contributed by atoms with van der Waals surface area (Å²) in [6.45, 7) is 19.5. The zero-order chi connectivity index (χ0) is 43.7. The lowest BCUT2D eigenvalue weighted by Gasteiger charge is -2.55. The SMILES string of the molecule is CCC(C(=O)[C@@H](C)[C@@H](O)[C@H](C)[C@@H]1O[C@@H]([C@@H](CC)C(=O)O)CC[C@@H]1C)[C@H]1O[C@]2(C=C[C@@H](NC(=O)OCCCl)[C@]3(CC[C@@](C)([C@H]4CC[C@](O)(CC)[C@H](C)O4)O3)O2)[C@H](C)C[C@@H]1C. The number of carbonyl (C=O) groups is 3. The second-order valence-corrected chi connectivity index (χ2v) is 19.3. The molecule has 4 fully saturated rings. The van der Waals surface area contributed by atoms with Crippen LogP contribution < -0.4 is 5.32 Å². The van der Waals surface area contributed by atoms with E-state index in [1.807, 2.05) is 53.7 Å². The summed E-state index contributed by atoms with van der Waals surface area (Å²) in [5, 5.41) is 35.8. The molecule has 0 bridgehead atoms. The number of amides is 1. The normalized spacial score (nSPS) is 42.5. The van der Waals surface area contributed by atoms with E-state index in [1.54, 1.807) is 6.92 Å². The van der Waals surface area contributed by atoms with E-state index >= 15 is 0 Å². The summed E-state index contributed by atoms with van der Waals surface area (Å²) in [4.78, 5) is 39.6. The molecule has 0 aromatic heterocycles. The Morgan fingerprint density at radius 1 is 0.932 bits per heavy atom. The van der Waals surface area contributed by atoms with Crippen LogP contribution in [0.4, 0.5) is 4.79 Å². The van der Waals surface area contributed by atoms with Crippen LogP contribution in [0.25, 0.3) is 0 Å². The van der Waals surface area contributed by atoms with Crippen LogP contribution in [-0.4, -0.2) is 111 Å². The van der Waals surface area contributed by atoms with Crippen molar-refractivity contribution in [3.63, 3.8) is 0 Å². The van der Waals surface area contributed by atoms with Crippen molar-refractivity contribution >= 4 is 29.4 Å². The quantitative estimate of drug-likeness (QED) is 0.0967. The third-order valence-electron chi connectivity index (χ3n) is 15.1. The van der Waals surface area contributed by atoms with Gasteiger partial charge in [0.25, 0.3) is 0 Å². The number of aliphatic hydroxyl groups is 2.